The molecule has 2 atom stereocenters. The van der Waals surface area contributed by atoms with E-state index in [1.54, 1.807) is 11.9 Å². The van der Waals surface area contributed by atoms with Crippen LogP contribution in [-0.4, -0.2) is 39.7 Å². The van der Waals surface area contributed by atoms with Crippen LogP contribution >= 0.6 is 15.9 Å². The van der Waals surface area contributed by atoms with Gasteiger partial charge in [0.2, 0.25) is 0 Å². The normalized spacial score (nSPS) is 23.1. The fourth-order valence-electron chi connectivity index (χ4n) is 2.92. The molecule has 1 aliphatic rings. The molecule has 1 N–H and O–H groups in total. The van der Waals surface area contributed by atoms with E-state index in [-0.39, 0.29) is 18.0 Å². The van der Waals surface area contributed by atoms with Crippen molar-refractivity contribution in [3.05, 3.63) is 22.4 Å². The number of aliphatic hydroxyl groups is 1. The fourth-order valence-corrected chi connectivity index (χ4v) is 3.36. The Balaban J connectivity index is 2.22. The lowest BCUT2D eigenvalue weighted by molar-refractivity contribution is 0.0261. The van der Waals surface area contributed by atoms with Gasteiger partial charge in [-0.05, 0) is 48.7 Å². The second-order valence-electron chi connectivity index (χ2n) is 5.88. The number of hydrogen-bond acceptors (Lipinski definition) is 2. The standard InChI is InChI=1S/C15H23BrN2O2/c1-10(2)18-9-11(16)8-13(18)15(20)17(3)12-6-4-5-7-14(12)19/h8-10,12,14,19H,4-7H2,1-3H3. The summed E-state index contributed by atoms with van der Waals surface area (Å²) in [5, 5.41) is 10.1. The highest BCUT2D eigenvalue weighted by atomic mass is 79.9. The molecule has 0 aliphatic heterocycles. The quantitative estimate of drug-likeness (QED) is 0.916. The predicted octanol–water partition coefficient (Wildman–Crippen LogP) is 3.21. The summed E-state index contributed by atoms with van der Waals surface area (Å²) < 4.78 is 2.88. The van der Waals surface area contributed by atoms with Crippen molar-refractivity contribution in [3.8, 4) is 0 Å². The van der Waals surface area contributed by atoms with Crippen LogP contribution in [0.2, 0.25) is 0 Å². The predicted molar refractivity (Wildman–Crippen MR) is 82.9 cm³/mol. The fraction of sp³-hybridized carbons (Fsp3) is 0.667. The van der Waals surface area contributed by atoms with Crippen molar-refractivity contribution in [1.82, 2.24) is 9.47 Å². The molecule has 0 radical (unpaired) electrons. The molecule has 5 heteroatoms. The molecule has 1 heterocycles. The van der Waals surface area contributed by atoms with Gasteiger partial charge in [0.05, 0.1) is 12.1 Å². The zero-order valence-corrected chi connectivity index (χ0v) is 13.9. The zero-order valence-electron chi connectivity index (χ0n) is 12.3. The molecular formula is C15H23BrN2O2. The number of amides is 1. The second-order valence-corrected chi connectivity index (χ2v) is 6.80. The minimum Gasteiger partial charge on any atom is -0.391 e. The number of rotatable bonds is 3. The molecule has 1 aromatic heterocycles. The summed E-state index contributed by atoms with van der Waals surface area (Å²) in [5.41, 5.74) is 0.673. The molecule has 2 unspecified atom stereocenters. The van der Waals surface area contributed by atoms with Crippen molar-refractivity contribution >= 4 is 21.8 Å². The van der Waals surface area contributed by atoms with E-state index >= 15 is 0 Å². The van der Waals surface area contributed by atoms with Gasteiger partial charge in [-0.15, -0.1) is 0 Å². The van der Waals surface area contributed by atoms with Crippen LogP contribution in [0.25, 0.3) is 0 Å². The van der Waals surface area contributed by atoms with Crippen LogP contribution in [0.4, 0.5) is 0 Å². The molecule has 112 valence electrons. The number of halogens is 1. The summed E-state index contributed by atoms with van der Waals surface area (Å²) >= 11 is 3.44. The van der Waals surface area contributed by atoms with E-state index < -0.39 is 6.10 Å². The SMILES string of the molecule is CC(C)n1cc(Br)cc1C(=O)N(C)C1CCCCC1O. The molecule has 1 saturated carbocycles. The van der Waals surface area contributed by atoms with Crippen molar-refractivity contribution in [2.24, 2.45) is 0 Å². The maximum Gasteiger partial charge on any atom is 0.270 e. The summed E-state index contributed by atoms with van der Waals surface area (Å²) in [4.78, 5) is 14.4. The van der Waals surface area contributed by atoms with Gasteiger partial charge >= 0.3 is 0 Å². The number of nitrogens with zero attached hydrogens (tertiary/aromatic N) is 2. The van der Waals surface area contributed by atoms with Gasteiger partial charge in [-0.1, -0.05) is 12.8 Å². The molecule has 1 amide bonds. The van der Waals surface area contributed by atoms with Gasteiger partial charge in [-0.2, -0.15) is 0 Å². The number of carbonyl (C=O) groups is 1. The third-order valence-corrected chi connectivity index (χ3v) is 4.54. The van der Waals surface area contributed by atoms with Gasteiger partial charge in [0.25, 0.3) is 5.91 Å². The summed E-state index contributed by atoms with van der Waals surface area (Å²) in [6.07, 6.45) is 5.33. The Kier molecular flexibility index (Phi) is 4.91. The number of aliphatic hydroxyl groups excluding tert-OH is 1. The van der Waals surface area contributed by atoms with Gasteiger partial charge in [0.15, 0.2) is 0 Å². The van der Waals surface area contributed by atoms with Crippen LogP contribution in [0.15, 0.2) is 16.7 Å². The van der Waals surface area contributed by atoms with Crippen LogP contribution in [-0.2, 0) is 0 Å². The molecule has 0 bridgehead atoms. The lowest BCUT2D eigenvalue weighted by atomic mass is 9.91. The Morgan fingerprint density at radius 1 is 1.45 bits per heavy atom. The summed E-state index contributed by atoms with van der Waals surface area (Å²) in [6.45, 7) is 4.11. The van der Waals surface area contributed by atoms with E-state index in [4.69, 9.17) is 0 Å². The maximum absolute atomic E-state index is 12.7. The zero-order chi connectivity index (χ0) is 14.9. The first kappa shape index (κ1) is 15.6. The third-order valence-electron chi connectivity index (χ3n) is 4.10. The largest absolute Gasteiger partial charge is 0.391 e. The Morgan fingerprint density at radius 3 is 2.70 bits per heavy atom. The number of hydrogen-bond donors (Lipinski definition) is 1. The van der Waals surface area contributed by atoms with Gasteiger partial charge in [0, 0.05) is 23.8 Å². The monoisotopic (exact) mass is 342 g/mol. The van der Waals surface area contributed by atoms with Gasteiger partial charge < -0.3 is 14.6 Å². The molecular weight excluding hydrogens is 320 g/mol. The van der Waals surface area contributed by atoms with Gasteiger partial charge in [0.1, 0.15) is 5.69 Å². The summed E-state index contributed by atoms with van der Waals surface area (Å²) in [7, 11) is 1.80. The van der Waals surface area contributed by atoms with E-state index in [9.17, 15) is 9.90 Å². The van der Waals surface area contributed by atoms with Crippen molar-refractivity contribution in [2.45, 2.75) is 57.7 Å². The molecule has 20 heavy (non-hydrogen) atoms. The Labute approximate surface area is 128 Å². The first-order valence-electron chi connectivity index (χ1n) is 7.24. The lowest BCUT2D eigenvalue weighted by Gasteiger charge is -2.35. The highest BCUT2D eigenvalue weighted by Gasteiger charge is 2.31. The minimum absolute atomic E-state index is 0.0182. The second kappa shape index (κ2) is 6.31. The molecule has 4 nitrogen and oxygen atoms in total. The van der Waals surface area contributed by atoms with Crippen molar-refractivity contribution in [2.75, 3.05) is 7.05 Å². The first-order valence-corrected chi connectivity index (χ1v) is 8.03. The smallest absolute Gasteiger partial charge is 0.270 e. The maximum atomic E-state index is 12.7. The molecule has 1 aliphatic carbocycles. The molecule has 0 spiro atoms. The molecule has 2 rings (SSSR count). The van der Waals surface area contributed by atoms with E-state index in [2.05, 4.69) is 29.8 Å². The van der Waals surface area contributed by atoms with Crippen molar-refractivity contribution in [3.63, 3.8) is 0 Å². The van der Waals surface area contributed by atoms with Gasteiger partial charge in [-0.25, -0.2) is 0 Å². The van der Waals surface area contributed by atoms with Crippen LogP contribution < -0.4 is 0 Å². The molecule has 0 saturated heterocycles. The Morgan fingerprint density at radius 2 is 2.10 bits per heavy atom. The van der Waals surface area contributed by atoms with Crippen LogP contribution in [0.1, 0.15) is 56.1 Å². The average Bonchev–Trinajstić information content (AvgIpc) is 2.80. The first-order chi connectivity index (χ1) is 9.41. The molecule has 1 aromatic rings. The number of aromatic nitrogens is 1. The summed E-state index contributed by atoms with van der Waals surface area (Å²) in [5.74, 6) is -0.0182. The average molecular weight is 343 g/mol. The van der Waals surface area contributed by atoms with Crippen LogP contribution in [0, 0.1) is 0 Å². The Bertz CT molecular complexity index is 484. The highest BCUT2D eigenvalue weighted by molar-refractivity contribution is 9.10. The van der Waals surface area contributed by atoms with Crippen molar-refractivity contribution < 1.29 is 9.90 Å². The topological polar surface area (TPSA) is 45.5 Å². The third kappa shape index (κ3) is 3.09. The van der Waals surface area contributed by atoms with Gasteiger partial charge in [-0.3, -0.25) is 4.79 Å². The van der Waals surface area contributed by atoms with Crippen molar-refractivity contribution in [1.29, 1.82) is 0 Å². The lowest BCUT2D eigenvalue weighted by Crippen LogP contribution is -2.46. The van der Waals surface area contributed by atoms with Crippen LogP contribution in [0.5, 0.6) is 0 Å². The highest BCUT2D eigenvalue weighted by Crippen LogP contribution is 2.26. The minimum atomic E-state index is -0.399. The molecule has 1 fully saturated rings. The van der Waals surface area contributed by atoms with E-state index in [0.717, 1.165) is 30.2 Å². The Hall–Kier alpha value is -0.810. The van der Waals surface area contributed by atoms with E-state index in [0.29, 0.717) is 5.69 Å². The van der Waals surface area contributed by atoms with Crippen LogP contribution in [0.3, 0.4) is 0 Å². The van der Waals surface area contributed by atoms with E-state index in [1.165, 1.54) is 0 Å². The van der Waals surface area contributed by atoms with E-state index in [1.807, 2.05) is 16.8 Å². The number of likely N-dealkylation sites (N-methyl/N-ethyl adjacent to an activating group) is 1. The number of carbonyl (C=O) groups excluding carboxylic acids is 1. The molecule has 0 aromatic carbocycles. The summed E-state index contributed by atoms with van der Waals surface area (Å²) in [6, 6.07) is 2.02.